The Morgan fingerprint density at radius 1 is 1.14 bits per heavy atom. The van der Waals surface area contributed by atoms with Gasteiger partial charge in [-0.25, -0.2) is 8.42 Å². The van der Waals surface area contributed by atoms with Crippen LogP contribution in [0.5, 0.6) is 0 Å². The van der Waals surface area contributed by atoms with Gasteiger partial charge in [-0.1, -0.05) is 0 Å². The molecule has 0 aromatic heterocycles. The predicted molar refractivity (Wildman–Crippen MR) is 65.4 cm³/mol. The number of sulfone groups is 1. The van der Waals surface area contributed by atoms with E-state index in [9.17, 15) is 8.42 Å². The van der Waals surface area contributed by atoms with Gasteiger partial charge in [-0.15, -0.1) is 24.8 Å². The fourth-order valence-corrected chi connectivity index (χ4v) is 2.19. The normalized spacial score (nSPS) is 10.1. The molecule has 3 N–H and O–H groups in total. The maximum Gasteiger partial charge on any atom is 0.151 e. The molecule has 0 heterocycles. The molecule has 7 heteroatoms. The van der Waals surface area contributed by atoms with Crippen molar-refractivity contribution >= 4 is 34.7 Å². The maximum absolute atomic E-state index is 11.2. The van der Waals surface area contributed by atoms with Crippen molar-refractivity contribution in [1.29, 1.82) is 0 Å². The molecule has 0 aliphatic carbocycles. The van der Waals surface area contributed by atoms with Crippen LogP contribution in [0.25, 0.3) is 0 Å². The summed E-state index contributed by atoms with van der Waals surface area (Å²) in [5.74, 6) is 0.500. The van der Waals surface area contributed by atoms with Crippen molar-refractivity contribution in [3.05, 3.63) is 0 Å². The third-order valence-electron chi connectivity index (χ3n) is 1.57. The Hall–Kier alpha value is 0.450. The Morgan fingerprint density at radius 3 is 2.14 bits per heavy atom. The molecule has 0 amide bonds. The lowest BCUT2D eigenvalue weighted by atomic mass is 10.3. The first-order chi connectivity index (χ1) is 5.62. The summed E-state index contributed by atoms with van der Waals surface area (Å²) in [5.41, 5.74) is 5.25. The lowest BCUT2D eigenvalue weighted by Crippen LogP contribution is -2.21. The average Bonchev–Trinajstić information content (AvgIpc) is 2.01. The summed E-state index contributed by atoms with van der Waals surface area (Å²) in [5, 5.41) is 2.81. The van der Waals surface area contributed by atoms with Gasteiger partial charge >= 0.3 is 0 Å². The minimum absolute atomic E-state index is 0. The Bertz CT molecular complexity index is 198. The lowest BCUT2D eigenvalue weighted by Gasteiger charge is -2.02. The minimum atomic E-state index is -2.83. The zero-order valence-corrected chi connectivity index (χ0v) is 10.8. The molecule has 0 aliphatic rings. The highest BCUT2D eigenvalue weighted by Gasteiger charge is 2.08. The molecule has 0 fully saturated rings. The number of rotatable bonds is 7. The van der Waals surface area contributed by atoms with E-state index in [-0.39, 0.29) is 36.3 Å². The van der Waals surface area contributed by atoms with E-state index >= 15 is 0 Å². The molecule has 0 rings (SSSR count). The standard InChI is InChI=1S/C7H18N2O2S.2ClH/c1-9-5-7-12(10,11)6-3-2-4-8;;/h9H,2-8H2,1H3;2*1H. The molecule has 0 aromatic rings. The number of halogens is 2. The molecule has 0 bridgehead atoms. The van der Waals surface area contributed by atoms with Crippen molar-refractivity contribution in [2.45, 2.75) is 12.8 Å². The van der Waals surface area contributed by atoms with E-state index in [0.29, 0.717) is 19.5 Å². The molecule has 90 valence electrons. The maximum atomic E-state index is 11.2. The van der Waals surface area contributed by atoms with Crippen LogP contribution in [0, 0.1) is 0 Å². The van der Waals surface area contributed by atoms with E-state index in [1.54, 1.807) is 7.05 Å². The fraction of sp³-hybridized carbons (Fsp3) is 1.00. The minimum Gasteiger partial charge on any atom is -0.330 e. The van der Waals surface area contributed by atoms with Crippen molar-refractivity contribution in [1.82, 2.24) is 5.32 Å². The Labute approximate surface area is 98.8 Å². The summed E-state index contributed by atoms with van der Waals surface area (Å²) in [4.78, 5) is 0. The molecule has 0 saturated carbocycles. The third kappa shape index (κ3) is 12.4. The van der Waals surface area contributed by atoms with E-state index in [2.05, 4.69) is 5.32 Å². The summed E-state index contributed by atoms with van der Waals surface area (Å²) >= 11 is 0. The summed E-state index contributed by atoms with van der Waals surface area (Å²) in [6.45, 7) is 1.10. The second kappa shape index (κ2) is 11.5. The summed E-state index contributed by atoms with van der Waals surface area (Å²) in [7, 11) is -1.09. The van der Waals surface area contributed by atoms with Crippen molar-refractivity contribution in [2.75, 3.05) is 31.6 Å². The zero-order valence-electron chi connectivity index (χ0n) is 8.36. The van der Waals surface area contributed by atoms with Crippen LogP contribution in [-0.2, 0) is 9.84 Å². The van der Waals surface area contributed by atoms with Gasteiger partial charge in [0, 0.05) is 6.54 Å². The highest BCUT2D eigenvalue weighted by atomic mass is 35.5. The van der Waals surface area contributed by atoms with Gasteiger partial charge in [-0.2, -0.15) is 0 Å². The van der Waals surface area contributed by atoms with Gasteiger partial charge in [0.1, 0.15) is 0 Å². The lowest BCUT2D eigenvalue weighted by molar-refractivity contribution is 0.589. The van der Waals surface area contributed by atoms with E-state index < -0.39 is 9.84 Å². The Kier molecular flexibility index (Phi) is 16.4. The van der Waals surface area contributed by atoms with Crippen LogP contribution in [0.2, 0.25) is 0 Å². The van der Waals surface area contributed by atoms with Gasteiger partial charge in [0.05, 0.1) is 11.5 Å². The molecule has 14 heavy (non-hydrogen) atoms. The van der Waals surface area contributed by atoms with Gasteiger partial charge in [-0.3, -0.25) is 0 Å². The Morgan fingerprint density at radius 2 is 1.71 bits per heavy atom. The van der Waals surface area contributed by atoms with Crippen LogP contribution in [0.15, 0.2) is 0 Å². The zero-order chi connectivity index (χ0) is 9.45. The van der Waals surface area contributed by atoms with E-state index in [4.69, 9.17) is 5.73 Å². The van der Waals surface area contributed by atoms with Gasteiger partial charge in [-0.05, 0) is 26.4 Å². The largest absolute Gasteiger partial charge is 0.330 e. The summed E-state index contributed by atoms with van der Waals surface area (Å²) in [6.07, 6.45) is 1.47. The smallest absolute Gasteiger partial charge is 0.151 e. The average molecular weight is 267 g/mol. The molecule has 0 atom stereocenters. The number of hydrogen-bond acceptors (Lipinski definition) is 4. The molecule has 4 nitrogen and oxygen atoms in total. The molecule has 0 aliphatic heterocycles. The SMILES string of the molecule is CNCCS(=O)(=O)CCCCN.Cl.Cl. The van der Waals surface area contributed by atoms with E-state index in [1.165, 1.54) is 0 Å². The molecule has 0 aromatic carbocycles. The van der Waals surface area contributed by atoms with Crippen LogP contribution in [0.4, 0.5) is 0 Å². The van der Waals surface area contributed by atoms with Crippen LogP contribution in [-0.4, -0.2) is 40.1 Å². The molecular weight excluding hydrogens is 247 g/mol. The summed E-state index contributed by atoms with van der Waals surface area (Å²) in [6, 6.07) is 0. The van der Waals surface area contributed by atoms with Crippen LogP contribution in [0.1, 0.15) is 12.8 Å². The first kappa shape index (κ1) is 19.9. The second-order valence-corrected chi connectivity index (χ2v) is 5.05. The fourth-order valence-electron chi connectivity index (χ4n) is 0.826. The second-order valence-electron chi connectivity index (χ2n) is 2.75. The highest BCUT2D eigenvalue weighted by Crippen LogP contribution is 1.95. The third-order valence-corrected chi connectivity index (χ3v) is 3.31. The quantitative estimate of drug-likeness (QED) is 0.646. The first-order valence-electron chi connectivity index (χ1n) is 4.17. The van der Waals surface area contributed by atoms with Gasteiger partial charge in [0.2, 0.25) is 0 Å². The number of hydrogen-bond donors (Lipinski definition) is 2. The molecule has 0 unspecified atom stereocenters. The molecule has 0 radical (unpaired) electrons. The van der Waals surface area contributed by atoms with Crippen molar-refractivity contribution in [3.8, 4) is 0 Å². The van der Waals surface area contributed by atoms with Crippen molar-refractivity contribution in [2.24, 2.45) is 5.73 Å². The molecular formula is C7H20Cl2N2O2S. The first-order valence-corrected chi connectivity index (χ1v) is 5.99. The monoisotopic (exact) mass is 266 g/mol. The van der Waals surface area contributed by atoms with Crippen LogP contribution >= 0.6 is 24.8 Å². The number of nitrogens with two attached hydrogens (primary N) is 1. The number of nitrogens with one attached hydrogen (secondary N) is 1. The van der Waals surface area contributed by atoms with Crippen molar-refractivity contribution < 1.29 is 8.42 Å². The van der Waals surface area contributed by atoms with Crippen LogP contribution in [0.3, 0.4) is 0 Å². The molecule has 0 spiro atoms. The van der Waals surface area contributed by atoms with Crippen LogP contribution < -0.4 is 11.1 Å². The molecule has 0 saturated heterocycles. The summed E-state index contributed by atoms with van der Waals surface area (Å²) < 4.78 is 22.4. The van der Waals surface area contributed by atoms with Gasteiger partial charge < -0.3 is 11.1 Å². The van der Waals surface area contributed by atoms with E-state index in [0.717, 1.165) is 6.42 Å². The van der Waals surface area contributed by atoms with E-state index in [1.807, 2.05) is 0 Å². The Balaban J connectivity index is -0.000000605. The topological polar surface area (TPSA) is 72.2 Å². The van der Waals surface area contributed by atoms with Gasteiger partial charge in [0.15, 0.2) is 9.84 Å². The van der Waals surface area contributed by atoms with Gasteiger partial charge in [0.25, 0.3) is 0 Å². The predicted octanol–water partition coefficient (Wildman–Crippen LogP) is 0.203. The highest BCUT2D eigenvalue weighted by molar-refractivity contribution is 7.91. The van der Waals surface area contributed by atoms with Crippen molar-refractivity contribution in [3.63, 3.8) is 0 Å². The number of unbranched alkanes of at least 4 members (excludes halogenated alkanes) is 1.